The molecule has 1 rings (SSSR count). The Kier molecular flexibility index (Phi) is 3.84. The molecule has 4 nitrogen and oxygen atoms in total. The third-order valence-electron chi connectivity index (χ3n) is 2.32. The highest BCUT2D eigenvalue weighted by molar-refractivity contribution is 7.80. The maximum Gasteiger partial charge on any atom is 0.199 e. The van der Waals surface area contributed by atoms with Gasteiger partial charge in [-0.2, -0.15) is 0 Å². The second-order valence-corrected chi connectivity index (χ2v) is 3.90. The summed E-state index contributed by atoms with van der Waals surface area (Å²) < 4.78 is 0. The molecule has 0 aliphatic rings. The van der Waals surface area contributed by atoms with Gasteiger partial charge in [-0.25, -0.2) is 0 Å². The van der Waals surface area contributed by atoms with Gasteiger partial charge in [-0.15, -0.1) is 0 Å². The van der Waals surface area contributed by atoms with E-state index < -0.39 is 0 Å². The summed E-state index contributed by atoms with van der Waals surface area (Å²) in [7, 11) is 1.71. The van der Waals surface area contributed by atoms with E-state index in [1.165, 1.54) is 4.90 Å². The lowest BCUT2D eigenvalue weighted by Crippen LogP contribution is -2.46. The van der Waals surface area contributed by atoms with Crippen LogP contribution >= 0.6 is 12.2 Å². The number of benzene rings is 1. The van der Waals surface area contributed by atoms with E-state index in [0.29, 0.717) is 5.11 Å². The second kappa shape index (κ2) is 4.94. The molecule has 0 saturated carbocycles. The van der Waals surface area contributed by atoms with Crippen molar-refractivity contribution in [2.24, 2.45) is 5.73 Å². The lowest BCUT2D eigenvalue weighted by molar-refractivity contribution is 1.13. The molecule has 1 aromatic carbocycles. The Labute approximate surface area is 101 Å². The Balaban J connectivity index is 3.32. The van der Waals surface area contributed by atoms with Crippen molar-refractivity contribution in [3.63, 3.8) is 0 Å². The minimum Gasteiger partial charge on any atom is -0.369 e. The van der Waals surface area contributed by atoms with Crippen LogP contribution in [-0.2, 0) is 0 Å². The molecule has 0 radical (unpaired) electrons. The van der Waals surface area contributed by atoms with E-state index in [-0.39, 0.29) is 5.96 Å². The van der Waals surface area contributed by atoms with Crippen molar-refractivity contribution in [1.82, 2.24) is 5.32 Å². The minimum atomic E-state index is -0.0863. The van der Waals surface area contributed by atoms with Gasteiger partial charge in [-0.3, -0.25) is 10.3 Å². The Bertz CT molecular complexity index is 408. The quantitative estimate of drug-likeness (QED) is 0.393. The molecule has 0 fully saturated rings. The molecule has 0 bridgehead atoms. The number of anilines is 1. The maximum atomic E-state index is 7.59. The molecule has 0 heterocycles. The van der Waals surface area contributed by atoms with E-state index in [0.717, 1.165) is 16.8 Å². The van der Waals surface area contributed by atoms with Gasteiger partial charge in [0.25, 0.3) is 0 Å². The van der Waals surface area contributed by atoms with Gasteiger partial charge in [0.2, 0.25) is 0 Å². The lowest BCUT2D eigenvalue weighted by atomic mass is 10.1. The molecule has 4 N–H and O–H groups in total. The normalized spacial score (nSPS) is 9.69. The molecule has 0 atom stereocenters. The summed E-state index contributed by atoms with van der Waals surface area (Å²) in [6.45, 7) is 3.94. The van der Waals surface area contributed by atoms with Crippen LogP contribution in [0.3, 0.4) is 0 Å². The Morgan fingerprint density at radius 2 is 1.88 bits per heavy atom. The second-order valence-electron chi connectivity index (χ2n) is 3.52. The number of hydrogen-bond donors (Lipinski definition) is 3. The number of hydrogen-bond acceptors (Lipinski definition) is 2. The van der Waals surface area contributed by atoms with Crippen molar-refractivity contribution in [3.05, 3.63) is 29.3 Å². The van der Waals surface area contributed by atoms with Crippen LogP contribution in [0.2, 0.25) is 0 Å². The van der Waals surface area contributed by atoms with Crippen molar-refractivity contribution < 1.29 is 0 Å². The molecule has 0 spiro atoms. The first kappa shape index (κ1) is 12.4. The van der Waals surface area contributed by atoms with Crippen molar-refractivity contribution in [2.45, 2.75) is 13.8 Å². The lowest BCUT2D eigenvalue weighted by Gasteiger charge is -2.26. The van der Waals surface area contributed by atoms with E-state index in [1.807, 2.05) is 32.0 Å². The van der Waals surface area contributed by atoms with Gasteiger partial charge in [-0.05, 0) is 37.2 Å². The number of guanidine groups is 1. The predicted octanol–water partition coefficient (Wildman–Crippen LogP) is 1.51. The van der Waals surface area contributed by atoms with Crippen LogP contribution in [0.1, 0.15) is 11.1 Å². The Morgan fingerprint density at radius 1 is 1.38 bits per heavy atom. The topological polar surface area (TPSA) is 65.1 Å². The molecular weight excluding hydrogens is 220 g/mol. The molecule has 0 aliphatic heterocycles. The number of nitrogens with one attached hydrogen (secondary N) is 2. The van der Waals surface area contributed by atoms with Crippen LogP contribution in [0, 0.1) is 19.3 Å². The van der Waals surface area contributed by atoms with Gasteiger partial charge in [0.1, 0.15) is 0 Å². The van der Waals surface area contributed by atoms with E-state index in [2.05, 4.69) is 5.32 Å². The summed E-state index contributed by atoms with van der Waals surface area (Å²) in [5, 5.41) is 10.8. The fourth-order valence-electron chi connectivity index (χ4n) is 1.60. The number of para-hydroxylation sites is 1. The highest BCUT2D eigenvalue weighted by Crippen LogP contribution is 2.24. The average Bonchev–Trinajstić information content (AvgIpc) is 2.22. The van der Waals surface area contributed by atoms with Gasteiger partial charge < -0.3 is 11.1 Å². The molecule has 1 aromatic rings. The van der Waals surface area contributed by atoms with Crippen LogP contribution in [0.5, 0.6) is 0 Å². The number of nitrogens with two attached hydrogens (primary N) is 1. The van der Waals surface area contributed by atoms with Gasteiger partial charge in [0.05, 0.1) is 5.69 Å². The molecular formula is C11H16N4S. The van der Waals surface area contributed by atoms with Crippen LogP contribution < -0.4 is 16.0 Å². The Hall–Kier alpha value is -1.62. The third kappa shape index (κ3) is 2.30. The molecule has 0 aromatic heterocycles. The zero-order chi connectivity index (χ0) is 12.3. The molecule has 0 unspecified atom stereocenters. The number of thiocarbonyl (C=S) groups is 1. The summed E-state index contributed by atoms with van der Waals surface area (Å²) in [5.41, 5.74) is 8.50. The maximum absolute atomic E-state index is 7.59. The van der Waals surface area contributed by atoms with E-state index in [1.54, 1.807) is 7.05 Å². The Morgan fingerprint density at radius 3 is 2.25 bits per heavy atom. The molecule has 16 heavy (non-hydrogen) atoms. The van der Waals surface area contributed by atoms with Gasteiger partial charge in [0, 0.05) is 7.05 Å². The number of rotatable bonds is 1. The summed E-state index contributed by atoms with van der Waals surface area (Å²) in [5.74, 6) is -0.0863. The highest BCUT2D eigenvalue weighted by atomic mass is 32.1. The summed E-state index contributed by atoms with van der Waals surface area (Å²) >= 11 is 5.15. The zero-order valence-corrected chi connectivity index (χ0v) is 10.5. The van der Waals surface area contributed by atoms with Crippen LogP contribution in [-0.4, -0.2) is 18.1 Å². The smallest absolute Gasteiger partial charge is 0.199 e. The van der Waals surface area contributed by atoms with E-state index in [9.17, 15) is 0 Å². The third-order valence-corrected chi connectivity index (χ3v) is 2.71. The van der Waals surface area contributed by atoms with Crippen molar-refractivity contribution >= 4 is 29.0 Å². The van der Waals surface area contributed by atoms with Gasteiger partial charge in [0.15, 0.2) is 11.1 Å². The highest BCUT2D eigenvalue weighted by Gasteiger charge is 2.17. The van der Waals surface area contributed by atoms with Crippen LogP contribution in [0.15, 0.2) is 18.2 Å². The molecule has 5 heteroatoms. The summed E-state index contributed by atoms with van der Waals surface area (Å²) in [4.78, 5) is 1.53. The van der Waals surface area contributed by atoms with Crippen molar-refractivity contribution in [2.75, 3.05) is 11.9 Å². The largest absolute Gasteiger partial charge is 0.369 e. The fourth-order valence-corrected chi connectivity index (χ4v) is 1.79. The summed E-state index contributed by atoms with van der Waals surface area (Å²) in [6, 6.07) is 5.90. The van der Waals surface area contributed by atoms with Crippen molar-refractivity contribution in [3.8, 4) is 0 Å². The SMILES string of the molecule is CNC(=S)N(C(=N)N)c1c(C)cccc1C. The first-order chi connectivity index (χ1) is 7.49. The fraction of sp³-hybridized carbons (Fsp3) is 0.273. The number of aryl methyl sites for hydroxylation is 2. The first-order valence-electron chi connectivity index (χ1n) is 4.91. The van der Waals surface area contributed by atoms with Crippen LogP contribution in [0.4, 0.5) is 5.69 Å². The predicted molar refractivity (Wildman–Crippen MR) is 72.0 cm³/mol. The molecule has 0 saturated heterocycles. The van der Waals surface area contributed by atoms with Gasteiger partial charge in [-0.1, -0.05) is 18.2 Å². The van der Waals surface area contributed by atoms with E-state index >= 15 is 0 Å². The standard InChI is InChI=1S/C11H16N4S/c1-7-5-4-6-8(2)9(7)15(10(12)13)11(16)14-3/h4-6H,1-3H3,(H3,12,13)(H,14,16). The monoisotopic (exact) mass is 236 g/mol. The minimum absolute atomic E-state index is 0.0863. The molecule has 0 aliphatic carbocycles. The van der Waals surface area contributed by atoms with Crippen LogP contribution in [0.25, 0.3) is 0 Å². The van der Waals surface area contributed by atoms with Crippen molar-refractivity contribution in [1.29, 1.82) is 5.41 Å². The molecule has 0 amide bonds. The average molecular weight is 236 g/mol. The zero-order valence-electron chi connectivity index (χ0n) is 9.66. The number of nitrogens with zero attached hydrogens (tertiary/aromatic N) is 1. The summed E-state index contributed by atoms with van der Waals surface area (Å²) in [6.07, 6.45) is 0. The first-order valence-corrected chi connectivity index (χ1v) is 5.32. The van der Waals surface area contributed by atoms with E-state index in [4.69, 9.17) is 23.4 Å². The molecule has 86 valence electrons. The van der Waals surface area contributed by atoms with Gasteiger partial charge >= 0.3 is 0 Å².